The van der Waals surface area contributed by atoms with E-state index in [2.05, 4.69) is 10.3 Å². The summed E-state index contributed by atoms with van der Waals surface area (Å²) in [6.45, 7) is 26.7. The van der Waals surface area contributed by atoms with Crippen LogP contribution >= 0.6 is 0 Å². The third kappa shape index (κ3) is 16.7. The smallest absolute Gasteiger partial charge is 0.340 e. The molecule has 0 N–H and O–H groups in total. The third-order valence-electron chi connectivity index (χ3n) is 9.80. The average Bonchev–Trinajstić information content (AvgIpc) is 3.83. The highest BCUT2D eigenvalue weighted by molar-refractivity contribution is 5.95. The van der Waals surface area contributed by atoms with Gasteiger partial charge < -0.3 is 38.1 Å². The van der Waals surface area contributed by atoms with Crippen LogP contribution in [0.4, 0.5) is 0 Å². The van der Waals surface area contributed by atoms with Crippen molar-refractivity contribution in [1.29, 1.82) is 0 Å². The first-order chi connectivity index (χ1) is 28.6. The first kappa shape index (κ1) is 51.8. The Balaban J connectivity index is 0.000000330. The third-order valence-corrected chi connectivity index (χ3v) is 9.80. The molecule has 2 aromatic rings. The molecule has 0 amide bonds. The summed E-state index contributed by atoms with van der Waals surface area (Å²) >= 11 is 0. The SMILES string of the molecule is CC1(C[C@@H](/C(COC(=O)C(C)(C)C)=N\OC(=O)C(C)(C)C)c2ccccc2)OCCO1.CC1(C[C@H](/C(COC(=O)C(C)(C)C)=N\OC(=O)C(C)(C)C)c2ccccc2)OCCO1. The minimum absolute atomic E-state index is 0.108. The van der Waals surface area contributed by atoms with E-state index in [1.165, 1.54) is 0 Å². The summed E-state index contributed by atoms with van der Waals surface area (Å²) in [6.07, 6.45) is 0.853. The average molecular weight is 867 g/mol. The van der Waals surface area contributed by atoms with Gasteiger partial charge in [0, 0.05) is 24.7 Å². The fourth-order valence-corrected chi connectivity index (χ4v) is 5.88. The van der Waals surface area contributed by atoms with Crippen molar-refractivity contribution in [1.82, 2.24) is 0 Å². The highest BCUT2D eigenvalue weighted by Crippen LogP contribution is 2.35. The molecule has 2 saturated heterocycles. The fourth-order valence-electron chi connectivity index (χ4n) is 5.88. The van der Waals surface area contributed by atoms with E-state index in [0.717, 1.165) is 11.1 Å². The van der Waals surface area contributed by atoms with Crippen LogP contribution in [0.2, 0.25) is 0 Å². The van der Waals surface area contributed by atoms with E-state index in [9.17, 15) is 19.2 Å². The molecule has 14 nitrogen and oxygen atoms in total. The second kappa shape index (κ2) is 21.7. The number of carbonyl (C=O) groups is 4. The zero-order chi connectivity index (χ0) is 46.6. The van der Waals surface area contributed by atoms with Crippen molar-refractivity contribution in [3.05, 3.63) is 71.8 Å². The Morgan fingerprint density at radius 1 is 0.500 bits per heavy atom. The van der Waals surface area contributed by atoms with Gasteiger partial charge in [0.15, 0.2) is 11.6 Å². The summed E-state index contributed by atoms with van der Waals surface area (Å²) in [7, 11) is 0. The summed E-state index contributed by atoms with van der Waals surface area (Å²) in [5, 5.41) is 8.35. The van der Waals surface area contributed by atoms with Gasteiger partial charge in [0.05, 0.1) is 48.1 Å². The number of oxime groups is 2. The summed E-state index contributed by atoms with van der Waals surface area (Å²) in [6, 6.07) is 19.3. The van der Waals surface area contributed by atoms with E-state index >= 15 is 0 Å². The van der Waals surface area contributed by atoms with E-state index in [1.54, 1.807) is 83.1 Å². The molecule has 0 radical (unpaired) electrons. The summed E-state index contributed by atoms with van der Waals surface area (Å²) < 4.78 is 34.3. The summed E-state index contributed by atoms with van der Waals surface area (Å²) in [5.41, 5.74) is -0.0764. The van der Waals surface area contributed by atoms with Crippen LogP contribution in [0.5, 0.6) is 0 Å². The normalized spacial score (nSPS) is 17.8. The zero-order valence-corrected chi connectivity index (χ0v) is 39.4. The lowest BCUT2D eigenvalue weighted by molar-refractivity contribution is -0.155. The number of ether oxygens (including phenoxy) is 6. The van der Waals surface area contributed by atoms with Gasteiger partial charge in [-0.25, -0.2) is 9.59 Å². The van der Waals surface area contributed by atoms with Gasteiger partial charge in [-0.1, -0.05) is 71.0 Å². The molecule has 0 aromatic heterocycles. The molecule has 2 aliphatic heterocycles. The van der Waals surface area contributed by atoms with E-state index in [0.29, 0.717) is 50.7 Å². The van der Waals surface area contributed by atoms with E-state index in [1.807, 2.05) is 74.5 Å². The Kier molecular flexibility index (Phi) is 18.2. The standard InChI is InChI=1S/2C24H35NO6/c2*1-22(2,3)20(26)28-16-19(25-31-21(27)23(4,5)6)18(17-11-9-8-10-12-17)15-24(7)29-13-14-30-24/h2*8-12,18H,13-16H2,1-7H3/b2*25-19-/t2*18-/m10/s1. The number of nitrogens with zero attached hydrogens (tertiary/aromatic N) is 2. The molecule has 14 heteroatoms. The first-order valence-electron chi connectivity index (χ1n) is 21.2. The van der Waals surface area contributed by atoms with Crippen LogP contribution in [0.15, 0.2) is 71.0 Å². The molecule has 0 unspecified atom stereocenters. The lowest BCUT2D eigenvalue weighted by atomic mass is 9.88. The molecule has 344 valence electrons. The fraction of sp³-hybridized carbons (Fsp3) is 0.625. The van der Waals surface area contributed by atoms with Crippen molar-refractivity contribution in [2.24, 2.45) is 32.0 Å². The minimum Gasteiger partial charge on any atom is -0.459 e. The minimum atomic E-state index is -0.816. The van der Waals surface area contributed by atoms with Crippen LogP contribution in [0.3, 0.4) is 0 Å². The summed E-state index contributed by atoms with van der Waals surface area (Å²) in [5.74, 6) is -4.00. The van der Waals surface area contributed by atoms with Crippen LogP contribution in [-0.2, 0) is 57.3 Å². The van der Waals surface area contributed by atoms with Gasteiger partial charge in [0.1, 0.15) is 24.6 Å². The molecule has 4 rings (SSSR count). The van der Waals surface area contributed by atoms with Gasteiger partial charge in [0.25, 0.3) is 0 Å². The number of rotatable bonds is 14. The van der Waals surface area contributed by atoms with Crippen LogP contribution in [-0.4, -0.2) is 86.5 Å². The molecule has 0 spiro atoms. The molecule has 0 bridgehead atoms. The van der Waals surface area contributed by atoms with Gasteiger partial charge in [-0.2, -0.15) is 0 Å². The van der Waals surface area contributed by atoms with Crippen LogP contribution in [0.1, 0.15) is 133 Å². The maximum Gasteiger partial charge on any atom is 0.340 e. The maximum absolute atomic E-state index is 12.4. The van der Waals surface area contributed by atoms with Crippen molar-refractivity contribution in [2.45, 2.75) is 133 Å². The summed E-state index contributed by atoms with van der Waals surface area (Å²) in [4.78, 5) is 60.0. The van der Waals surface area contributed by atoms with Crippen LogP contribution < -0.4 is 0 Å². The number of carbonyl (C=O) groups excluding carboxylic acids is 4. The Labute approximate surface area is 368 Å². The topological polar surface area (TPSA) is 167 Å². The molecular weight excluding hydrogens is 797 g/mol. The quantitative estimate of drug-likeness (QED) is 0.0767. The van der Waals surface area contributed by atoms with Crippen molar-refractivity contribution < 1.29 is 57.3 Å². The second-order valence-corrected chi connectivity index (χ2v) is 20.1. The largest absolute Gasteiger partial charge is 0.459 e. The lowest BCUT2D eigenvalue weighted by Gasteiger charge is -2.29. The molecule has 0 aliphatic carbocycles. The molecule has 2 aromatic carbocycles. The first-order valence-corrected chi connectivity index (χ1v) is 21.2. The highest BCUT2D eigenvalue weighted by Gasteiger charge is 2.39. The van der Waals surface area contributed by atoms with Gasteiger partial charge >= 0.3 is 23.9 Å². The molecule has 62 heavy (non-hydrogen) atoms. The van der Waals surface area contributed by atoms with Crippen molar-refractivity contribution in [2.75, 3.05) is 39.6 Å². The van der Waals surface area contributed by atoms with E-state index < -0.39 is 45.2 Å². The van der Waals surface area contributed by atoms with Gasteiger partial charge in [0.2, 0.25) is 0 Å². The van der Waals surface area contributed by atoms with Crippen molar-refractivity contribution >= 4 is 35.3 Å². The Morgan fingerprint density at radius 3 is 1.03 bits per heavy atom. The second-order valence-electron chi connectivity index (χ2n) is 20.1. The number of esters is 2. The highest BCUT2D eigenvalue weighted by atomic mass is 16.7. The predicted molar refractivity (Wildman–Crippen MR) is 235 cm³/mol. The lowest BCUT2D eigenvalue weighted by Crippen LogP contribution is -2.34. The number of hydrogen-bond acceptors (Lipinski definition) is 14. The monoisotopic (exact) mass is 866 g/mol. The number of hydrogen-bond donors (Lipinski definition) is 0. The Morgan fingerprint density at radius 2 is 0.774 bits per heavy atom. The van der Waals surface area contributed by atoms with Gasteiger partial charge in [-0.05, 0) is 108 Å². The molecule has 0 saturated carbocycles. The van der Waals surface area contributed by atoms with E-state index in [-0.39, 0.29) is 37.0 Å². The molecule has 2 atom stereocenters. The molecular formula is C48H70N2O12. The van der Waals surface area contributed by atoms with Crippen molar-refractivity contribution in [3.63, 3.8) is 0 Å². The number of benzene rings is 2. The molecule has 2 aliphatic rings. The van der Waals surface area contributed by atoms with Gasteiger partial charge in [-0.3, -0.25) is 9.59 Å². The Hall–Kier alpha value is -4.50. The van der Waals surface area contributed by atoms with Crippen LogP contribution in [0.25, 0.3) is 0 Å². The van der Waals surface area contributed by atoms with Crippen LogP contribution in [0, 0.1) is 21.7 Å². The van der Waals surface area contributed by atoms with Crippen molar-refractivity contribution in [3.8, 4) is 0 Å². The molecule has 2 fully saturated rings. The zero-order valence-electron chi connectivity index (χ0n) is 39.4. The maximum atomic E-state index is 12.4. The van der Waals surface area contributed by atoms with Gasteiger partial charge in [-0.15, -0.1) is 0 Å². The van der Waals surface area contributed by atoms with E-state index in [4.69, 9.17) is 38.1 Å². The molecule has 2 heterocycles. The predicted octanol–water partition coefficient (Wildman–Crippen LogP) is 8.92. The Bertz CT molecular complexity index is 1700.